The van der Waals surface area contributed by atoms with E-state index in [0.29, 0.717) is 17.1 Å². The van der Waals surface area contributed by atoms with Gasteiger partial charge in [-0.2, -0.15) is 0 Å². The second-order valence-electron chi connectivity index (χ2n) is 10.2. The van der Waals surface area contributed by atoms with Gasteiger partial charge in [0.2, 0.25) is 23.4 Å². The van der Waals surface area contributed by atoms with Crippen molar-refractivity contribution in [2.45, 2.75) is 44.7 Å². The van der Waals surface area contributed by atoms with E-state index in [1.54, 1.807) is 44.3 Å². The largest absolute Gasteiger partial charge is 0.453 e. The molecule has 2 amide bonds. The minimum Gasteiger partial charge on any atom is -0.453 e. The number of amides is 2. The van der Waals surface area contributed by atoms with Crippen LogP contribution in [-0.4, -0.2) is 55.7 Å². The fourth-order valence-electron chi connectivity index (χ4n) is 4.61. The Bertz CT molecular complexity index is 1660. The molecule has 1 atom stereocenters. The number of ether oxygens (including phenoxy) is 1. The summed E-state index contributed by atoms with van der Waals surface area (Å²) in [5.74, 6) is -1.75. The van der Waals surface area contributed by atoms with Crippen molar-refractivity contribution in [3.63, 3.8) is 0 Å². The van der Waals surface area contributed by atoms with Crippen molar-refractivity contribution in [3.05, 3.63) is 88.8 Å². The van der Waals surface area contributed by atoms with Crippen molar-refractivity contribution < 1.29 is 23.5 Å². The highest BCUT2D eigenvalue weighted by Gasteiger charge is 2.52. The second-order valence-corrected chi connectivity index (χ2v) is 10.2. The molecule has 0 spiro atoms. The van der Waals surface area contributed by atoms with Crippen molar-refractivity contribution in [1.29, 1.82) is 0 Å². The lowest BCUT2D eigenvalue weighted by atomic mass is 9.99. The number of carbonyl (C=O) groups excluding carboxylic acids is 3. The van der Waals surface area contributed by atoms with Gasteiger partial charge in [-0.3, -0.25) is 29.3 Å². The van der Waals surface area contributed by atoms with Gasteiger partial charge in [-0.25, -0.2) is 9.78 Å². The average Bonchev–Trinajstić information content (AvgIpc) is 3.66. The van der Waals surface area contributed by atoms with Gasteiger partial charge in [0.25, 0.3) is 11.4 Å². The van der Waals surface area contributed by atoms with Crippen LogP contribution < -0.4 is 16.2 Å². The predicted octanol–water partition coefficient (Wildman–Crippen LogP) is 2.97. The molecule has 42 heavy (non-hydrogen) atoms. The summed E-state index contributed by atoms with van der Waals surface area (Å²) in [6, 6.07) is 13.4. The minimum absolute atomic E-state index is 0.221. The highest BCUT2D eigenvalue weighted by molar-refractivity contribution is 5.98. The summed E-state index contributed by atoms with van der Waals surface area (Å²) in [5, 5.41) is 13.1. The van der Waals surface area contributed by atoms with Gasteiger partial charge in [0.15, 0.2) is 0 Å². The van der Waals surface area contributed by atoms with Crippen LogP contribution in [-0.2, 0) is 21.5 Å². The van der Waals surface area contributed by atoms with Crippen LogP contribution in [0.4, 0.5) is 10.6 Å². The quantitative estimate of drug-likeness (QED) is 0.270. The van der Waals surface area contributed by atoms with E-state index in [1.807, 2.05) is 24.3 Å². The normalized spacial score (nSPS) is 14.2. The molecule has 5 rings (SSSR count). The first-order chi connectivity index (χ1) is 20.2. The van der Waals surface area contributed by atoms with Crippen molar-refractivity contribution in [2.75, 3.05) is 12.4 Å². The number of nitrogens with zero attached hydrogens (tertiary/aromatic N) is 5. The van der Waals surface area contributed by atoms with Crippen LogP contribution in [0.3, 0.4) is 0 Å². The number of hydrogen-bond acceptors (Lipinski definition) is 10. The third kappa shape index (κ3) is 5.66. The molecule has 1 aliphatic carbocycles. The van der Waals surface area contributed by atoms with E-state index in [0.717, 1.165) is 25.6 Å². The molecule has 4 aromatic rings. The zero-order valence-corrected chi connectivity index (χ0v) is 23.2. The Morgan fingerprint density at radius 1 is 1.05 bits per heavy atom. The second kappa shape index (κ2) is 11.7. The zero-order chi connectivity index (χ0) is 29.9. The topological polar surface area (TPSA) is 171 Å². The molecule has 13 nitrogen and oxygen atoms in total. The molecular weight excluding hydrogens is 542 g/mol. The van der Waals surface area contributed by atoms with Crippen LogP contribution in [0.1, 0.15) is 49.0 Å². The van der Waals surface area contributed by atoms with Gasteiger partial charge in [-0.15, -0.1) is 10.2 Å². The number of methoxy groups -OCH3 is 1. The fourth-order valence-corrected chi connectivity index (χ4v) is 4.61. The molecule has 3 heterocycles. The van der Waals surface area contributed by atoms with E-state index in [-0.39, 0.29) is 17.6 Å². The van der Waals surface area contributed by atoms with Gasteiger partial charge in [0.1, 0.15) is 6.54 Å². The zero-order valence-electron chi connectivity index (χ0n) is 23.2. The summed E-state index contributed by atoms with van der Waals surface area (Å²) in [6.45, 7) is 3.07. The van der Waals surface area contributed by atoms with Crippen LogP contribution in [0.25, 0.3) is 11.3 Å². The Balaban J connectivity index is 1.38. The first kappa shape index (κ1) is 28.3. The van der Waals surface area contributed by atoms with E-state index in [9.17, 15) is 19.2 Å². The van der Waals surface area contributed by atoms with Crippen molar-refractivity contribution in [2.24, 2.45) is 5.92 Å². The standard InChI is InChI=1S/C29H29N7O6/c1-17(2)22(23(38)25-34-35-27(42-25)29(12-13-29)20-11-7-8-14-30-20)32-21(37)16-36-19(18-9-5-4-6-10-18)15-31-24(26(36)39)33-28(40)41-3/h4-11,14-15,17,22H,12-13,16H2,1-3H3,(H,32,37)(H,31,33,40)/t22-/m1/s1. The number of carbonyl (C=O) groups is 3. The lowest BCUT2D eigenvalue weighted by Gasteiger charge is -2.21. The Hall–Kier alpha value is -5.20. The highest BCUT2D eigenvalue weighted by Crippen LogP contribution is 2.52. The van der Waals surface area contributed by atoms with Crippen molar-refractivity contribution in [1.82, 2.24) is 30.0 Å². The third-order valence-electron chi connectivity index (χ3n) is 7.05. The van der Waals surface area contributed by atoms with Crippen LogP contribution in [0.2, 0.25) is 0 Å². The van der Waals surface area contributed by atoms with Gasteiger partial charge in [0.05, 0.1) is 36.2 Å². The number of hydrogen-bond donors (Lipinski definition) is 2. The minimum atomic E-state index is -1.01. The van der Waals surface area contributed by atoms with Crippen LogP contribution in [0.15, 0.2) is 70.1 Å². The lowest BCUT2D eigenvalue weighted by Crippen LogP contribution is -2.46. The van der Waals surface area contributed by atoms with Gasteiger partial charge in [-0.1, -0.05) is 50.2 Å². The van der Waals surface area contributed by atoms with Gasteiger partial charge >= 0.3 is 6.09 Å². The molecule has 1 aromatic carbocycles. The Kier molecular flexibility index (Phi) is 7.91. The number of ketones is 1. The fraction of sp³-hybridized carbons (Fsp3) is 0.310. The molecule has 13 heteroatoms. The van der Waals surface area contributed by atoms with Crippen LogP contribution >= 0.6 is 0 Å². The number of Topliss-reactive ketones (excluding diaryl/α,β-unsaturated/α-hetero) is 1. The number of aromatic nitrogens is 5. The number of nitrogens with one attached hydrogen (secondary N) is 2. The predicted molar refractivity (Wildman–Crippen MR) is 150 cm³/mol. The summed E-state index contributed by atoms with van der Waals surface area (Å²) in [4.78, 5) is 60.3. The van der Waals surface area contributed by atoms with Crippen LogP contribution in [0, 0.1) is 5.92 Å². The molecule has 1 aliphatic rings. The highest BCUT2D eigenvalue weighted by atomic mass is 16.5. The van der Waals surface area contributed by atoms with E-state index >= 15 is 0 Å². The SMILES string of the molecule is COC(=O)Nc1ncc(-c2ccccc2)n(CC(=O)N[C@@H](C(=O)c2nnc(C3(c4ccccn4)CC3)o2)C(C)C)c1=O. The molecule has 1 saturated carbocycles. The summed E-state index contributed by atoms with van der Waals surface area (Å²) >= 11 is 0. The van der Waals surface area contributed by atoms with Crippen molar-refractivity contribution >= 4 is 23.6 Å². The van der Waals surface area contributed by atoms with E-state index in [1.165, 1.54) is 10.8 Å². The molecule has 0 unspecified atom stereocenters. The van der Waals surface area contributed by atoms with E-state index in [2.05, 4.69) is 35.5 Å². The van der Waals surface area contributed by atoms with E-state index < -0.39 is 41.3 Å². The number of rotatable bonds is 10. The van der Waals surface area contributed by atoms with Gasteiger partial charge < -0.3 is 14.5 Å². The summed E-state index contributed by atoms with van der Waals surface area (Å²) in [6.07, 6.45) is 3.70. The summed E-state index contributed by atoms with van der Waals surface area (Å²) in [7, 11) is 1.15. The molecule has 3 aromatic heterocycles. The molecule has 2 N–H and O–H groups in total. The van der Waals surface area contributed by atoms with Gasteiger partial charge in [0, 0.05) is 6.20 Å². The Morgan fingerprint density at radius 2 is 1.79 bits per heavy atom. The first-order valence-corrected chi connectivity index (χ1v) is 13.3. The maximum absolute atomic E-state index is 13.5. The molecule has 0 saturated heterocycles. The third-order valence-corrected chi connectivity index (χ3v) is 7.05. The maximum atomic E-state index is 13.5. The molecule has 0 aliphatic heterocycles. The van der Waals surface area contributed by atoms with Gasteiger partial charge in [-0.05, 0) is 36.5 Å². The molecular formula is C29H29N7O6. The molecule has 0 bridgehead atoms. The number of anilines is 1. The molecule has 0 radical (unpaired) electrons. The molecule has 216 valence electrons. The van der Waals surface area contributed by atoms with E-state index in [4.69, 9.17) is 4.42 Å². The number of pyridine rings is 1. The summed E-state index contributed by atoms with van der Waals surface area (Å²) < 4.78 is 11.6. The number of benzene rings is 1. The Morgan fingerprint density at radius 3 is 2.43 bits per heavy atom. The van der Waals surface area contributed by atoms with Crippen molar-refractivity contribution in [3.8, 4) is 11.3 Å². The summed E-state index contributed by atoms with van der Waals surface area (Å²) in [5.41, 5.74) is 0.505. The lowest BCUT2D eigenvalue weighted by molar-refractivity contribution is -0.122. The first-order valence-electron chi connectivity index (χ1n) is 13.3. The van der Waals surface area contributed by atoms with Crippen LogP contribution in [0.5, 0.6) is 0 Å². The maximum Gasteiger partial charge on any atom is 0.412 e. The Labute approximate surface area is 240 Å². The molecule has 1 fully saturated rings. The smallest absolute Gasteiger partial charge is 0.412 e. The monoisotopic (exact) mass is 571 g/mol. The average molecular weight is 572 g/mol.